The summed E-state index contributed by atoms with van der Waals surface area (Å²) >= 11 is 6.43. The predicted molar refractivity (Wildman–Crippen MR) is 319 cm³/mol. The highest BCUT2D eigenvalue weighted by molar-refractivity contribution is 6.33. The van der Waals surface area contributed by atoms with Gasteiger partial charge >= 0.3 is 5.69 Å². The molecule has 0 aliphatic carbocycles. The van der Waals surface area contributed by atoms with Gasteiger partial charge in [-0.1, -0.05) is 87.0 Å². The van der Waals surface area contributed by atoms with Crippen molar-refractivity contribution in [2.24, 2.45) is 5.41 Å². The smallest absolute Gasteiger partial charge is 0.325 e. The first-order chi connectivity index (χ1) is 39.5. The number of nitrogens with zero attached hydrogens (tertiary/aromatic N) is 6. The lowest BCUT2D eigenvalue weighted by Gasteiger charge is -2.32. The van der Waals surface area contributed by atoms with Gasteiger partial charge in [0.05, 0.1) is 58.2 Å². The van der Waals surface area contributed by atoms with Gasteiger partial charge in [-0.3, -0.25) is 24.6 Å². The molecule has 7 heterocycles. The van der Waals surface area contributed by atoms with E-state index in [0.717, 1.165) is 104 Å². The Balaban J connectivity index is 0.000000184. The van der Waals surface area contributed by atoms with Crippen LogP contribution in [0.5, 0.6) is 17.2 Å². The van der Waals surface area contributed by atoms with Crippen molar-refractivity contribution in [2.45, 2.75) is 91.0 Å². The van der Waals surface area contributed by atoms with Crippen LogP contribution in [0.25, 0.3) is 55.8 Å². The van der Waals surface area contributed by atoms with E-state index in [4.69, 9.17) is 35.3 Å². The second-order valence-electron chi connectivity index (χ2n) is 22.3. The van der Waals surface area contributed by atoms with Crippen LogP contribution < -0.4 is 25.8 Å². The number of aromatic nitrogens is 7. The maximum Gasteiger partial charge on any atom is 0.325 e. The van der Waals surface area contributed by atoms with Crippen molar-refractivity contribution in [3.8, 4) is 50.9 Å². The van der Waals surface area contributed by atoms with Gasteiger partial charge in [-0.25, -0.2) is 19.7 Å². The standard InChI is InChI=1S/C34H43ClN6O4.C22H21N5O2.C6H10O2/c1-34(2,22-30(42)41-16-5-4-6-17-41)45-20-18-40(3)23-36-15-19-44-27-13-11-25(12-14-27)24-7-9-26(10-8-24)31-28(35)21-29-32(38-31)39-33(43)37-29;1-22(2,3)21(28)25-19-17-18(26-27-20(17)24-13-23-19)14-9-11-16(12-10-14)29-15-7-5-4-6-8-15;1-3-7-6-2-4-8-5(1)6/h7-14,21,36H,4-6,15-20,22-23H2,1-3H3,(H2,37,38,39,43);4-13H,1-3H3,(H2,23,24,25,26,27,28);5-6H,1-4H2. The highest BCUT2D eigenvalue weighted by Crippen LogP contribution is 2.34. The summed E-state index contributed by atoms with van der Waals surface area (Å²) in [5.41, 5.74) is 5.44. The molecule has 4 aromatic heterocycles. The molecule has 2 atom stereocenters. The van der Waals surface area contributed by atoms with E-state index in [9.17, 15) is 14.4 Å². The van der Waals surface area contributed by atoms with Gasteiger partial charge in [0.15, 0.2) is 11.3 Å². The number of hydrogen-bond acceptors (Lipinski definition) is 14. The number of para-hydroxylation sites is 1. The Kier molecular flexibility index (Phi) is 19.8. The second-order valence-corrected chi connectivity index (χ2v) is 22.7. The molecule has 2 unspecified atom stereocenters. The van der Waals surface area contributed by atoms with Crippen LogP contribution in [0.2, 0.25) is 5.02 Å². The normalized spacial score (nSPS) is 16.1. The zero-order chi connectivity index (χ0) is 57.6. The molecule has 2 amide bonds. The minimum absolute atomic E-state index is 0.128. The average Bonchev–Trinajstić information content (AvgIpc) is 4.34. The Morgan fingerprint density at radius 2 is 1.41 bits per heavy atom. The van der Waals surface area contributed by atoms with Crippen LogP contribution in [0, 0.1) is 5.41 Å². The molecule has 82 heavy (non-hydrogen) atoms. The highest BCUT2D eigenvalue weighted by Gasteiger charge is 2.33. The van der Waals surface area contributed by atoms with Gasteiger partial charge in [0.1, 0.15) is 36.0 Å². The maximum atomic E-state index is 12.6. The molecular formula is C62H74ClN11O8. The van der Waals surface area contributed by atoms with Crippen LogP contribution >= 0.6 is 11.6 Å². The number of imidazole rings is 1. The van der Waals surface area contributed by atoms with Crippen molar-refractivity contribution < 1.29 is 33.3 Å². The number of hydrogen-bond donors (Lipinski definition) is 5. The van der Waals surface area contributed by atoms with Gasteiger partial charge < -0.3 is 44.2 Å². The van der Waals surface area contributed by atoms with E-state index in [1.165, 1.54) is 12.7 Å². The number of rotatable bonds is 18. The number of halogens is 1. The number of H-pyrrole nitrogens is 3. The number of fused-ring (bicyclic) bond motifs is 3. The average molecular weight is 1140 g/mol. The lowest BCUT2D eigenvalue weighted by molar-refractivity contribution is -0.138. The summed E-state index contributed by atoms with van der Waals surface area (Å²) in [5, 5.41) is 14.7. The first-order valence-electron chi connectivity index (χ1n) is 28.1. The number of likely N-dealkylation sites (N-methyl/N-ethyl adjacent to an activating group) is 1. The van der Waals surface area contributed by atoms with Gasteiger partial charge in [0.2, 0.25) is 11.8 Å². The van der Waals surface area contributed by atoms with Crippen molar-refractivity contribution >= 4 is 51.4 Å². The van der Waals surface area contributed by atoms with Gasteiger partial charge in [-0.2, -0.15) is 5.10 Å². The molecule has 8 aromatic rings. The van der Waals surface area contributed by atoms with E-state index in [1.54, 1.807) is 6.07 Å². The lowest BCUT2D eigenvalue weighted by atomic mass is 9.95. The molecule has 3 fully saturated rings. The van der Waals surface area contributed by atoms with Crippen molar-refractivity contribution in [2.75, 3.05) is 71.6 Å². The summed E-state index contributed by atoms with van der Waals surface area (Å²) in [6.07, 6.45) is 8.38. The van der Waals surface area contributed by atoms with Crippen LogP contribution in [-0.4, -0.2) is 141 Å². The Labute approximate surface area is 482 Å². The van der Waals surface area contributed by atoms with Crippen LogP contribution in [0.3, 0.4) is 0 Å². The fourth-order valence-electron chi connectivity index (χ4n) is 9.64. The van der Waals surface area contributed by atoms with Gasteiger partial charge in [0, 0.05) is 62.6 Å². The molecule has 0 spiro atoms. The predicted octanol–water partition coefficient (Wildman–Crippen LogP) is 10.7. The molecule has 432 valence electrons. The molecule has 4 aromatic carbocycles. The number of carbonyl (C=O) groups excluding carboxylic acids is 2. The zero-order valence-corrected chi connectivity index (χ0v) is 48.3. The second kappa shape index (κ2) is 27.5. The fraction of sp³-hybridized carbons (Fsp3) is 0.403. The van der Waals surface area contributed by atoms with Crippen molar-refractivity contribution in [3.05, 3.63) is 131 Å². The first-order valence-corrected chi connectivity index (χ1v) is 28.4. The number of carbonyl (C=O) groups is 2. The van der Waals surface area contributed by atoms with Gasteiger partial charge in [-0.05, 0) is 119 Å². The van der Waals surface area contributed by atoms with E-state index < -0.39 is 11.0 Å². The number of aromatic amines is 3. The molecule has 20 heteroatoms. The quantitative estimate of drug-likeness (QED) is 0.0398. The number of pyridine rings is 1. The number of amides is 2. The largest absolute Gasteiger partial charge is 0.492 e. The molecule has 3 saturated heterocycles. The van der Waals surface area contributed by atoms with E-state index in [1.807, 2.05) is 150 Å². The van der Waals surface area contributed by atoms with Crippen molar-refractivity contribution in [1.29, 1.82) is 0 Å². The molecule has 0 bridgehead atoms. The summed E-state index contributed by atoms with van der Waals surface area (Å²) in [4.78, 5) is 59.1. The van der Waals surface area contributed by atoms with Crippen LogP contribution in [0.4, 0.5) is 5.82 Å². The highest BCUT2D eigenvalue weighted by atomic mass is 35.5. The van der Waals surface area contributed by atoms with E-state index in [2.05, 4.69) is 50.7 Å². The fourth-order valence-corrected chi connectivity index (χ4v) is 9.90. The summed E-state index contributed by atoms with van der Waals surface area (Å²) in [6, 6.07) is 34.9. The third-order valence-electron chi connectivity index (χ3n) is 14.3. The molecule has 0 radical (unpaired) electrons. The summed E-state index contributed by atoms with van der Waals surface area (Å²) in [6.45, 7) is 16.4. The van der Waals surface area contributed by atoms with E-state index in [-0.39, 0.29) is 17.5 Å². The number of benzene rings is 4. The molecule has 0 saturated carbocycles. The Hall–Kier alpha value is -7.52. The van der Waals surface area contributed by atoms with Crippen LogP contribution in [-0.2, 0) is 23.8 Å². The molecule has 5 N–H and O–H groups in total. The molecular weight excluding hydrogens is 1060 g/mol. The van der Waals surface area contributed by atoms with E-state index in [0.29, 0.717) is 83.8 Å². The van der Waals surface area contributed by atoms with Gasteiger partial charge in [0.25, 0.3) is 0 Å². The number of ether oxygens (including phenoxy) is 5. The SMILES string of the molecule is C1CC2OCCC2O1.CC(C)(C)C(=O)Nc1ncnc2n[nH]c(-c3ccc(Oc4ccccc4)cc3)c12.CN(CCOC(C)(C)CC(=O)N1CCCCC1)CNCCOc1ccc(-c2ccc(-c3nc4[nH]c(=O)[nH]c4cc3Cl)cc2)cc1. The molecule has 3 aliphatic heterocycles. The lowest BCUT2D eigenvalue weighted by Crippen LogP contribution is -2.41. The first kappa shape index (κ1) is 59.1. The third-order valence-corrected chi connectivity index (χ3v) is 14.5. The Morgan fingerprint density at radius 3 is 2.10 bits per heavy atom. The molecule has 3 aliphatic rings. The number of likely N-dealkylation sites (tertiary alicyclic amines) is 1. The van der Waals surface area contributed by atoms with E-state index >= 15 is 0 Å². The molecule has 19 nitrogen and oxygen atoms in total. The monoisotopic (exact) mass is 1140 g/mol. The minimum Gasteiger partial charge on any atom is -0.492 e. The van der Waals surface area contributed by atoms with Crippen LogP contribution in [0.1, 0.15) is 73.1 Å². The summed E-state index contributed by atoms with van der Waals surface area (Å²) in [5.74, 6) is 2.81. The van der Waals surface area contributed by atoms with Crippen molar-refractivity contribution in [3.63, 3.8) is 0 Å². The molecule has 11 rings (SSSR count). The number of piperidine rings is 1. The zero-order valence-electron chi connectivity index (χ0n) is 47.6. The maximum absolute atomic E-state index is 12.6. The summed E-state index contributed by atoms with van der Waals surface area (Å²) in [7, 11) is 2.04. The van der Waals surface area contributed by atoms with Crippen molar-refractivity contribution in [1.82, 2.24) is 50.2 Å². The third kappa shape index (κ3) is 16.1. The Bertz CT molecular complexity index is 3390. The number of anilines is 1. The minimum atomic E-state index is -0.544. The van der Waals surface area contributed by atoms with Gasteiger partial charge in [-0.15, -0.1) is 0 Å². The topological polar surface area (TPSA) is 227 Å². The summed E-state index contributed by atoms with van der Waals surface area (Å²) < 4.78 is 28.5. The number of nitrogens with one attached hydrogen (secondary N) is 5. The Morgan fingerprint density at radius 1 is 0.780 bits per heavy atom. The van der Waals surface area contributed by atoms with Crippen LogP contribution in [0.15, 0.2) is 120 Å².